The minimum absolute atomic E-state index is 0.375. The Balaban J connectivity index is 3.24. The first-order chi connectivity index (χ1) is 7.06. The summed E-state index contributed by atoms with van der Waals surface area (Å²) >= 11 is 5.86. The predicted octanol–water partition coefficient (Wildman–Crippen LogP) is 3.61. The van der Waals surface area contributed by atoms with E-state index in [4.69, 9.17) is 16.7 Å². The van der Waals surface area contributed by atoms with Gasteiger partial charge in [-0.15, -0.1) is 0 Å². The zero-order chi connectivity index (χ0) is 11.4. The molecule has 80 valence electrons. The molecule has 0 saturated heterocycles. The number of allylic oxidation sites excluding steroid dienone is 1. The van der Waals surface area contributed by atoms with E-state index in [0.717, 1.165) is 11.1 Å². The molecule has 0 atom stereocenters. The Kier molecular flexibility index (Phi) is 3.92. The van der Waals surface area contributed by atoms with Crippen LogP contribution in [0.25, 0.3) is 5.57 Å². The minimum atomic E-state index is -0.883. The highest BCUT2D eigenvalue weighted by atomic mass is 35.5. The van der Waals surface area contributed by atoms with Crippen LogP contribution < -0.4 is 0 Å². The van der Waals surface area contributed by atoms with Gasteiger partial charge in [0, 0.05) is 10.6 Å². The summed E-state index contributed by atoms with van der Waals surface area (Å²) in [7, 11) is 0. The third kappa shape index (κ3) is 2.83. The SMILES string of the molecule is CCC(=C(C)C(=O)O)c1cccc(Cl)c1. The average molecular weight is 225 g/mol. The maximum atomic E-state index is 10.9. The molecule has 15 heavy (non-hydrogen) atoms. The molecule has 1 N–H and O–H groups in total. The van der Waals surface area contributed by atoms with Crippen molar-refractivity contribution < 1.29 is 9.90 Å². The van der Waals surface area contributed by atoms with Gasteiger partial charge in [-0.1, -0.05) is 30.7 Å². The summed E-state index contributed by atoms with van der Waals surface area (Å²) < 4.78 is 0. The summed E-state index contributed by atoms with van der Waals surface area (Å²) in [5, 5.41) is 9.55. The van der Waals surface area contributed by atoms with Gasteiger partial charge in [-0.2, -0.15) is 0 Å². The normalized spacial score (nSPS) is 12.2. The molecule has 0 bridgehead atoms. The van der Waals surface area contributed by atoms with Gasteiger partial charge in [0.25, 0.3) is 0 Å². The third-order valence-corrected chi connectivity index (χ3v) is 2.54. The van der Waals surface area contributed by atoms with Crippen LogP contribution in [0.4, 0.5) is 0 Å². The van der Waals surface area contributed by atoms with E-state index in [1.54, 1.807) is 19.1 Å². The Morgan fingerprint density at radius 1 is 1.47 bits per heavy atom. The molecule has 1 aromatic carbocycles. The van der Waals surface area contributed by atoms with E-state index in [0.29, 0.717) is 17.0 Å². The number of carbonyl (C=O) groups is 1. The largest absolute Gasteiger partial charge is 0.478 e. The average Bonchev–Trinajstić information content (AvgIpc) is 2.18. The molecule has 0 aliphatic carbocycles. The number of aliphatic carboxylic acids is 1. The molecule has 0 aliphatic rings. The lowest BCUT2D eigenvalue weighted by Crippen LogP contribution is -2.00. The topological polar surface area (TPSA) is 37.3 Å². The van der Waals surface area contributed by atoms with Crippen LogP contribution in [0.3, 0.4) is 0 Å². The summed E-state index contributed by atoms with van der Waals surface area (Å²) in [4.78, 5) is 10.9. The van der Waals surface area contributed by atoms with Crippen LogP contribution in [-0.4, -0.2) is 11.1 Å². The highest BCUT2D eigenvalue weighted by Crippen LogP contribution is 2.24. The summed E-state index contributed by atoms with van der Waals surface area (Å²) in [5.41, 5.74) is 2.08. The van der Waals surface area contributed by atoms with Crippen molar-refractivity contribution in [3.8, 4) is 0 Å². The lowest BCUT2D eigenvalue weighted by atomic mass is 9.98. The van der Waals surface area contributed by atoms with E-state index in [2.05, 4.69) is 0 Å². The van der Waals surface area contributed by atoms with Crippen LogP contribution in [-0.2, 0) is 4.79 Å². The Hall–Kier alpha value is -1.28. The molecular weight excluding hydrogens is 212 g/mol. The van der Waals surface area contributed by atoms with Crippen LogP contribution >= 0.6 is 11.6 Å². The maximum Gasteiger partial charge on any atom is 0.331 e. The van der Waals surface area contributed by atoms with Gasteiger partial charge in [0.1, 0.15) is 0 Å². The second-order valence-corrected chi connectivity index (χ2v) is 3.71. The number of carboxylic acids is 1. The molecule has 0 unspecified atom stereocenters. The Labute approximate surface area is 94.2 Å². The van der Waals surface area contributed by atoms with Gasteiger partial charge in [-0.25, -0.2) is 4.79 Å². The Bertz CT molecular complexity index is 408. The van der Waals surface area contributed by atoms with Gasteiger partial charge in [-0.3, -0.25) is 0 Å². The Morgan fingerprint density at radius 3 is 2.60 bits per heavy atom. The lowest BCUT2D eigenvalue weighted by molar-refractivity contribution is -0.132. The van der Waals surface area contributed by atoms with E-state index in [1.165, 1.54) is 0 Å². The van der Waals surface area contributed by atoms with Crippen molar-refractivity contribution >= 4 is 23.1 Å². The van der Waals surface area contributed by atoms with Crippen molar-refractivity contribution in [2.45, 2.75) is 20.3 Å². The van der Waals surface area contributed by atoms with Gasteiger partial charge in [0.2, 0.25) is 0 Å². The first-order valence-corrected chi connectivity index (χ1v) is 5.13. The smallest absolute Gasteiger partial charge is 0.331 e. The number of benzene rings is 1. The van der Waals surface area contributed by atoms with Crippen molar-refractivity contribution in [2.75, 3.05) is 0 Å². The molecule has 2 nitrogen and oxygen atoms in total. The van der Waals surface area contributed by atoms with E-state index in [-0.39, 0.29) is 0 Å². The van der Waals surface area contributed by atoms with Gasteiger partial charge >= 0.3 is 5.97 Å². The summed E-state index contributed by atoms with van der Waals surface area (Å²) in [6.45, 7) is 3.55. The van der Waals surface area contributed by atoms with E-state index in [9.17, 15) is 4.79 Å². The van der Waals surface area contributed by atoms with E-state index < -0.39 is 5.97 Å². The molecular formula is C12H13ClO2. The fraction of sp³-hybridized carbons (Fsp3) is 0.250. The molecule has 1 aromatic rings. The maximum absolute atomic E-state index is 10.9. The summed E-state index contributed by atoms with van der Waals surface area (Å²) in [6.07, 6.45) is 0.679. The van der Waals surface area contributed by atoms with Gasteiger partial charge < -0.3 is 5.11 Å². The third-order valence-electron chi connectivity index (χ3n) is 2.30. The Morgan fingerprint density at radius 2 is 2.13 bits per heavy atom. The fourth-order valence-corrected chi connectivity index (χ4v) is 1.68. The first kappa shape index (κ1) is 11.8. The number of halogens is 1. The van der Waals surface area contributed by atoms with Crippen molar-refractivity contribution in [1.82, 2.24) is 0 Å². The van der Waals surface area contributed by atoms with Gasteiger partial charge in [0.15, 0.2) is 0 Å². The minimum Gasteiger partial charge on any atom is -0.478 e. The second-order valence-electron chi connectivity index (χ2n) is 3.27. The highest BCUT2D eigenvalue weighted by Gasteiger charge is 2.09. The molecule has 0 heterocycles. The number of rotatable bonds is 3. The molecule has 0 amide bonds. The monoisotopic (exact) mass is 224 g/mol. The van der Waals surface area contributed by atoms with Crippen LogP contribution in [0.5, 0.6) is 0 Å². The molecule has 1 rings (SSSR count). The second kappa shape index (κ2) is 4.99. The zero-order valence-corrected chi connectivity index (χ0v) is 9.51. The molecule has 3 heteroatoms. The summed E-state index contributed by atoms with van der Waals surface area (Å²) in [5.74, 6) is -0.883. The summed E-state index contributed by atoms with van der Waals surface area (Å²) in [6, 6.07) is 7.25. The van der Waals surface area contributed by atoms with Crippen LogP contribution in [0.1, 0.15) is 25.8 Å². The number of hydrogen-bond donors (Lipinski definition) is 1. The fourth-order valence-electron chi connectivity index (χ4n) is 1.49. The molecule has 0 fully saturated rings. The standard InChI is InChI=1S/C12H13ClO2/c1-3-11(8(2)12(14)15)9-5-4-6-10(13)7-9/h4-7H,3H2,1-2H3,(H,14,15). The molecule has 0 spiro atoms. The van der Waals surface area contributed by atoms with Crippen molar-refractivity contribution in [1.29, 1.82) is 0 Å². The van der Waals surface area contributed by atoms with E-state index in [1.807, 2.05) is 19.1 Å². The zero-order valence-electron chi connectivity index (χ0n) is 8.75. The first-order valence-electron chi connectivity index (χ1n) is 4.75. The van der Waals surface area contributed by atoms with Crippen LogP contribution in [0, 0.1) is 0 Å². The quantitative estimate of drug-likeness (QED) is 0.797. The molecule has 0 saturated carbocycles. The van der Waals surface area contributed by atoms with Crippen LogP contribution in [0.15, 0.2) is 29.8 Å². The van der Waals surface area contributed by atoms with Gasteiger partial charge in [-0.05, 0) is 36.6 Å². The molecule has 0 aromatic heterocycles. The number of hydrogen-bond acceptors (Lipinski definition) is 1. The van der Waals surface area contributed by atoms with Crippen LogP contribution in [0.2, 0.25) is 5.02 Å². The van der Waals surface area contributed by atoms with Crippen molar-refractivity contribution in [3.63, 3.8) is 0 Å². The number of carboxylic acid groups (broad SMARTS) is 1. The van der Waals surface area contributed by atoms with Gasteiger partial charge in [0.05, 0.1) is 0 Å². The molecule has 0 radical (unpaired) electrons. The lowest BCUT2D eigenvalue weighted by Gasteiger charge is -2.08. The highest BCUT2D eigenvalue weighted by molar-refractivity contribution is 6.30. The predicted molar refractivity (Wildman–Crippen MR) is 62.0 cm³/mol. The van der Waals surface area contributed by atoms with E-state index >= 15 is 0 Å². The van der Waals surface area contributed by atoms with Crippen molar-refractivity contribution in [3.05, 3.63) is 40.4 Å². The van der Waals surface area contributed by atoms with Crippen molar-refractivity contribution in [2.24, 2.45) is 0 Å². The molecule has 0 aliphatic heterocycles.